The first-order valence-electron chi connectivity index (χ1n) is 10.7. The highest BCUT2D eigenvalue weighted by molar-refractivity contribution is 9.10. The minimum atomic E-state index is -0.593. The zero-order valence-corrected chi connectivity index (χ0v) is 21.1. The number of allylic oxidation sites excluding steroid dienone is 2. The summed E-state index contributed by atoms with van der Waals surface area (Å²) in [6.07, 6.45) is 4.91. The van der Waals surface area contributed by atoms with Gasteiger partial charge in [-0.25, -0.2) is 8.78 Å². The number of halogens is 5. The Kier molecular flexibility index (Phi) is 6.49. The van der Waals surface area contributed by atoms with E-state index in [1.807, 2.05) is 24.3 Å². The Morgan fingerprint density at radius 1 is 1.12 bits per heavy atom. The summed E-state index contributed by atoms with van der Waals surface area (Å²) in [7, 11) is 1.57. The Bertz CT molecular complexity index is 1300. The number of fused-ring (bicyclic) bond motifs is 3. The normalized spacial score (nSPS) is 20.5. The molecular formula is C26H20BrCl2F2NO2. The van der Waals surface area contributed by atoms with Crippen LogP contribution in [0.15, 0.2) is 59.1 Å². The molecule has 0 amide bonds. The van der Waals surface area contributed by atoms with Crippen molar-refractivity contribution < 1.29 is 18.3 Å². The molecule has 1 aliphatic heterocycles. The van der Waals surface area contributed by atoms with Gasteiger partial charge in [-0.3, -0.25) is 0 Å². The van der Waals surface area contributed by atoms with Gasteiger partial charge in [-0.2, -0.15) is 0 Å². The summed E-state index contributed by atoms with van der Waals surface area (Å²) in [6, 6.07) is 11.2. The predicted molar refractivity (Wildman–Crippen MR) is 134 cm³/mol. The lowest BCUT2D eigenvalue weighted by Gasteiger charge is -2.38. The molecule has 3 aromatic rings. The Balaban J connectivity index is 1.47. The molecule has 5 rings (SSSR count). The lowest BCUT2D eigenvalue weighted by molar-refractivity contribution is 0.282. The van der Waals surface area contributed by atoms with Crippen LogP contribution in [0.5, 0.6) is 11.5 Å². The summed E-state index contributed by atoms with van der Waals surface area (Å²) in [5.74, 6) is -0.0528. The van der Waals surface area contributed by atoms with Gasteiger partial charge in [0.2, 0.25) is 0 Å². The average molecular weight is 567 g/mol. The van der Waals surface area contributed by atoms with Gasteiger partial charge < -0.3 is 14.8 Å². The van der Waals surface area contributed by atoms with Crippen molar-refractivity contribution in [1.82, 2.24) is 0 Å². The molecule has 0 spiro atoms. The fraction of sp³-hybridized carbons (Fsp3) is 0.231. The van der Waals surface area contributed by atoms with Gasteiger partial charge in [-0.1, -0.05) is 41.4 Å². The van der Waals surface area contributed by atoms with Gasteiger partial charge in [0.1, 0.15) is 18.2 Å². The lowest BCUT2D eigenvalue weighted by Crippen LogP contribution is -2.30. The minimum absolute atomic E-state index is 0.0702. The first kappa shape index (κ1) is 23.5. The molecule has 0 aromatic heterocycles. The van der Waals surface area contributed by atoms with Crippen molar-refractivity contribution in [3.63, 3.8) is 0 Å². The first-order valence-corrected chi connectivity index (χ1v) is 12.3. The van der Waals surface area contributed by atoms with Gasteiger partial charge in [0.05, 0.1) is 23.3 Å². The molecule has 1 N–H and O–H groups in total. The quantitative estimate of drug-likeness (QED) is 0.314. The van der Waals surface area contributed by atoms with Crippen molar-refractivity contribution in [2.75, 3.05) is 12.4 Å². The second-order valence-electron chi connectivity index (χ2n) is 8.39. The van der Waals surface area contributed by atoms with Crippen LogP contribution in [0.3, 0.4) is 0 Å². The van der Waals surface area contributed by atoms with Crippen LogP contribution in [-0.2, 0) is 6.61 Å². The summed E-state index contributed by atoms with van der Waals surface area (Å²) in [4.78, 5) is 0. The molecule has 0 saturated heterocycles. The van der Waals surface area contributed by atoms with E-state index in [0.717, 1.165) is 23.6 Å². The lowest BCUT2D eigenvalue weighted by atomic mass is 9.77. The van der Waals surface area contributed by atoms with Crippen LogP contribution < -0.4 is 14.8 Å². The highest BCUT2D eigenvalue weighted by Crippen LogP contribution is 2.52. The number of hydrogen-bond acceptors (Lipinski definition) is 3. The Morgan fingerprint density at radius 3 is 2.71 bits per heavy atom. The molecule has 2 aliphatic rings. The second kappa shape index (κ2) is 9.40. The molecule has 0 radical (unpaired) electrons. The summed E-state index contributed by atoms with van der Waals surface area (Å²) in [6.45, 7) is 0.227. The molecule has 1 heterocycles. The number of rotatable bonds is 5. The van der Waals surface area contributed by atoms with Crippen LogP contribution in [-0.4, -0.2) is 7.11 Å². The van der Waals surface area contributed by atoms with E-state index in [1.165, 1.54) is 6.07 Å². The topological polar surface area (TPSA) is 30.5 Å². The van der Waals surface area contributed by atoms with Crippen LogP contribution >= 0.6 is 39.1 Å². The van der Waals surface area contributed by atoms with E-state index in [2.05, 4.69) is 27.3 Å². The first-order chi connectivity index (χ1) is 16.4. The predicted octanol–water partition coefficient (Wildman–Crippen LogP) is 8.45. The molecular weight excluding hydrogens is 547 g/mol. The summed E-state index contributed by atoms with van der Waals surface area (Å²) in [5, 5.41) is 4.39. The molecule has 0 fully saturated rings. The van der Waals surface area contributed by atoms with Crippen LogP contribution in [0.25, 0.3) is 0 Å². The van der Waals surface area contributed by atoms with E-state index in [-0.39, 0.29) is 24.5 Å². The number of ether oxygens (including phenoxy) is 2. The molecule has 3 aromatic carbocycles. The molecule has 34 heavy (non-hydrogen) atoms. The summed E-state index contributed by atoms with van der Waals surface area (Å²) in [5.41, 5.74) is 2.69. The third kappa shape index (κ3) is 4.28. The molecule has 0 bridgehead atoms. The molecule has 3 atom stereocenters. The molecule has 8 heteroatoms. The minimum Gasteiger partial charge on any atom is -0.493 e. The van der Waals surface area contributed by atoms with E-state index >= 15 is 0 Å². The number of nitrogens with one attached hydrogen (secondary N) is 1. The highest BCUT2D eigenvalue weighted by Gasteiger charge is 2.39. The van der Waals surface area contributed by atoms with Gasteiger partial charge in [0.15, 0.2) is 11.5 Å². The fourth-order valence-electron chi connectivity index (χ4n) is 4.80. The number of methoxy groups -OCH3 is 1. The standard InChI is InChI=1S/C26H20BrCl2F2NO2/c1-33-23-8-14(7-20(27)26(23)34-12-13-5-6-15(28)9-21(13)29)24-18-4-2-3-17(18)19-10-16(30)11-22(31)25(19)32-24/h2-3,5-11,17-18,24,32H,4,12H2,1H3/t17-,18+,24+/m1/s1. The van der Waals surface area contributed by atoms with Gasteiger partial charge in [0.25, 0.3) is 0 Å². The molecule has 1 aliphatic carbocycles. The van der Waals surface area contributed by atoms with E-state index in [9.17, 15) is 8.78 Å². The zero-order valence-electron chi connectivity index (χ0n) is 18.0. The van der Waals surface area contributed by atoms with Crippen molar-refractivity contribution >= 4 is 44.8 Å². The zero-order chi connectivity index (χ0) is 24.0. The molecule has 0 saturated carbocycles. The van der Waals surface area contributed by atoms with E-state index in [1.54, 1.807) is 19.2 Å². The van der Waals surface area contributed by atoms with Gasteiger partial charge >= 0.3 is 0 Å². The van der Waals surface area contributed by atoms with Crippen LogP contribution in [0, 0.1) is 17.6 Å². The van der Waals surface area contributed by atoms with Crippen LogP contribution in [0.2, 0.25) is 10.0 Å². The van der Waals surface area contributed by atoms with Crippen molar-refractivity contribution in [1.29, 1.82) is 0 Å². The fourth-order valence-corrected chi connectivity index (χ4v) is 5.84. The van der Waals surface area contributed by atoms with E-state index < -0.39 is 11.6 Å². The maximum atomic E-state index is 14.7. The van der Waals surface area contributed by atoms with E-state index in [0.29, 0.717) is 37.3 Å². The average Bonchev–Trinajstić information content (AvgIpc) is 3.29. The Morgan fingerprint density at radius 2 is 1.94 bits per heavy atom. The monoisotopic (exact) mass is 565 g/mol. The second-order valence-corrected chi connectivity index (χ2v) is 10.1. The third-order valence-electron chi connectivity index (χ3n) is 6.38. The smallest absolute Gasteiger partial charge is 0.175 e. The van der Waals surface area contributed by atoms with Gasteiger partial charge in [-0.05, 0) is 69.7 Å². The summed E-state index contributed by atoms with van der Waals surface area (Å²) < 4.78 is 41.0. The number of benzene rings is 3. The molecule has 176 valence electrons. The van der Waals surface area contributed by atoms with Crippen molar-refractivity contribution in [2.45, 2.75) is 25.0 Å². The number of hydrogen-bond donors (Lipinski definition) is 1. The maximum absolute atomic E-state index is 14.7. The van der Waals surface area contributed by atoms with Crippen molar-refractivity contribution in [3.05, 3.63) is 97.5 Å². The van der Waals surface area contributed by atoms with Crippen LogP contribution in [0.4, 0.5) is 14.5 Å². The van der Waals surface area contributed by atoms with E-state index in [4.69, 9.17) is 32.7 Å². The van der Waals surface area contributed by atoms with Gasteiger partial charge in [0, 0.05) is 27.6 Å². The summed E-state index contributed by atoms with van der Waals surface area (Å²) >= 11 is 15.9. The van der Waals surface area contributed by atoms with Gasteiger partial charge in [-0.15, -0.1) is 0 Å². The molecule has 0 unspecified atom stereocenters. The maximum Gasteiger partial charge on any atom is 0.175 e. The Hall–Kier alpha value is -2.28. The Labute approximate surface area is 214 Å². The largest absolute Gasteiger partial charge is 0.493 e. The third-order valence-corrected chi connectivity index (χ3v) is 7.56. The van der Waals surface area contributed by atoms with Crippen molar-refractivity contribution in [3.8, 4) is 11.5 Å². The highest BCUT2D eigenvalue weighted by atomic mass is 79.9. The number of anilines is 1. The SMILES string of the molecule is COc1cc([C@@H]2Nc3c(F)cc(F)cc3[C@@H]3C=CC[C@@H]32)cc(Br)c1OCc1ccc(Cl)cc1Cl. The molecule has 3 nitrogen and oxygen atoms in total. The van der Waals surface area contributed by atoms with Crippen molar-refractivity contribution in [2.24, 2.45) is 5.92 Å². The van der Waals surface area contributed by atoms with Crippen LogP contribution in [0.1, 0.15) is 35.1 Å².